The third-order valence-corrected chi connectivity index (χ3v) is 5.60. The highest BCUT2D eigenvalue weighted by molar-refractivity contribution is 5.58. The summed E-state index contributed by atoms with van der Waals surface area (Å²) in [6, 6.07) is 17.0. The Morgan fingerprint density at radius 1 is 0.897 bits per heavy atom. The summed E-state index contributed by atoms with van der Waals surface area (Å²) in [5.41, 5.74) is 6.45. The molecule has 0 unspecified atom stereocenters. The molecule has 0 saturated carbocycles. The SMILES string of the molecule is CCc1c(C)nc2n(c1=O)CN(Cc1ccc(C)cc1)CN2c1ccc(C)cc1. The summed E-state index contributed by atoms with van der Waals surface area (Å²) >= 11 is 0. The number of benzene rings is 2. The van der Waals surface area contributed by atoms with Gasteiger partial charge in [-0.1, -0.05) is 54.4 Å². The lowest BCUT2D eigenvalue weighted by atomic mass is 10.1. The Hall–Kier alpha value is -2.92. The van der Waals surface area contributed by atoms with Crippen molar-refractivity contribution < 1.29 is 0 Å². The van der Waals surface area contributed by atoms with Crippen molar-refractivity contribution in [3.8, 4) is 0 Å². The van der Waals surface area contributed by atoms with Crippen molar-refractivity contribution in [1.82, 2.24) is 14.5 Å². The third-order valence-electron chi connectivity index (χ3n) is 5.60. The Morgan fingerprint density at radius 3 is 2.14 bits per heavy atom. The summed E-state index contributed by atoms with van der Waals surface area (Å²) in [4.78, 5) is 22.5. The summed E-state index contributed by atoms with van der Waals surface area (Å²) in [5.74, 6) is 0.730. The number of nitrogens with zero attached hydrogens (tertiary/aromatic N) is 4. The number of fused-ring (bicyclic) bond motifs is 1. The molecule has 5 nitrogen and oxygen atoms in total. The van der Waals surface area contributed by atoms with E-state index >= 15 is 0 Å². The molecule has 1 aliphatic rings. The van der Waals surface area contributed by atoms with Crippen LogP contribution < -0.4 is 10.5 Å². The van der Waals surface area contributed by atoms with Crippen LogP contribution in [-0.4, -0.2) is 21.1 Å². The second kappa shape index (κ2) is 7.84. The van der Waals surface area contributed by atoms with Crippen LogP contribution in [0.2, 0.25) is 0 Å². The minimum Gasteiger partial charge on any atom is -0.298 e. The fourth-order valence-electron chi connectivity index (χ4n) is 3.91. The van der Waals surface area contributed by atoms with E-state index in [0.717, 1.165) is 29.4 Å². The molecule has 0 fully saturated rings. The predicted molar refractivity (Wildman–Crippen MR) is 118 cm³/mol. The highest BCUT2D eigenvalue weighted by atomic mass is 16.1. The van der Waals surface area contributed by atoms with E-state index in [2.05, 4.69) is 72.2 Å². The van der Waals surface area contributed by atoms with Crippen molar-refractivity contribution in [3.05, 3.63) is 86.8 Å². The predicted octanol–water partition coefficient (Wildman–Crippen LogP) is 4.30. The molecule has 0 amide bonds. The van der Waals surface area contributed by atoms with Gasteiger partial charge in [-0.2, -0.15) is 0 Å². The lowest BCUT2D eigenvalue weighted by Crippen LogP contribution is -2.47. The van der Waals surface area contributed by atoms with E-state index in [9.17, 15) is 4.79 Å². The fraction of sp³-hybridized carbons (Fsp3) is 0.333. The van der Waals surface area contributed by atoms with Gasteiger partial charge in [-0.05, 0) is 44.9 Å². The standard InChI is InChI=1S/C24H28N4O/c1-5-22-19(4)25-24-27(21-12-8-18(3)9-13-21)15-26(16-28(24)23(22)29)14-20-10-6-17(2)7-11-20/h6-13H,5,14-16H2,1-4H3. The van der Waals surface area contributed by atoms with E-state index in [1.54, 1.807) is 0 Å². The molecule has 5 heteroatoms. The maximum absolute atomic E-state index is 13.2. The van der Waals surface area contributed by atoms with Crippen LogP contribution in [0.3, 0.4) is 0 Å². The Labute approximate surface area is 172 Å². The minimum atomic E-state index is 0.0701. The van der Waals surface area contributed by atoms with Gasteiger partial charge in [0.15, 0.2) is 0 Å². The van der Waals surface area contributed by atoms with Gasteiger partial charge in [0.1, 0.15) is 0 Å². The van der Waals surface area contributed by atoms with Crippen molar-refractivity contribution in [2.24, 2.45) is 0 Å². The summed E-state index contributed by atoms with van der Waals surface area (Å²) in [7, 11) is 0. The Kier molecular flexibility index (Phi) is 5.24. The number of anilines is 2. The molecule has 0 atom stereocenters. The van der Waals surface area contributed by atoms with Crippen LogP contribution in [0.4, 0.5) is 11.6 Å². The van der Waals surface area contributed by atoms with Crippen molar-refractivity contribution in [2.45, 2.75) is 47.3 Å². The zero-order chi connectivity index (χ0) is 20.5. The van der Waals surface area contributed by atoms with Gasteiger partial charge in [0.25, 0.3) is 5.56 Å². The van der Waals surface area contributed by atoms with E-state index in [0.29, 0.717) is 19.8 Å². The van der Waals surface area contributed by atoms with Gasteiger partial charge in [-0.3, -0.25) is 19.2 Å². The van der Waals surface area contributed by atoms with Crippen molar-refractivity contribution in [3.63, 3.8) is 0 Å². The van der Waals surface area contributed by atoms with Gasteiger partial charge in [0, 0.05) is 23.5 Å². The normalized spacial score (nSPS) is 14.1. The lowest BCUT2D eigenvalue weighted by molar-refractivity contribution is 0.189. The molecule has 1 aliphatic heterocycles. The van der Waals surface area contributed by atoms with Crippen LogP contribution in [0, 0.1) is 20.8 Å². The highest BCUT2D eigenvalue weighted by Gasteiger charge is 2.27. The number of aromatic nitrogens is 2. The molecule has 4 rings (SSSR count). The summed E-state index contributed by atoms with van der Waals surface area (Å²) < 4.78 is 1.82. The molecule has 0 radical (unpaired) electrons. The van der Waals surface area contributed by atoms with Gasteiger partial charge in [0.2, 0.25) is 5.95 Å². The number of rotatable bonds is 4. The maximum atomic E-state index is 13.2. The fourth-order valence-corrected chi connectivity index (χ4v) is 3.91. The second-order valence-electron chi connectivity index (χ2n) is 7.92. The molecule has 29 heavy (non-hydrogen) atoms. The van der Waals surface area contributed by atoms with Gasteiger partial charge >= 0.3 is 0 Å². The van der Waals surface area contributed by atoms with Crippen LogP contribution in [-0.2, 0) is 19.6 Å². The van der Waals surface area contributed by atoms with E-state index in [1.807, 2.05) is 18.4 Å². The van der Waals surface area contributed by atoms with E-state index in [-0.39, 0.29) is 5.56 Å². The number of hydrogen-bond acceptors (Lipinski definition) is 4. The zero-order valence-electron chi connectivity index (χ0n) is 17.6. The van der Waals surface area contributed by atoms with Crippen LogP contribution in [0.5, 0.6) is 0 Å². The van der Waals surface area contributed by atoms with E-state index in [4.69, 9.17) is 4.98 Å². The van der Waals surface area contributed by atoms with Gasteiger partial charge < -0.3 is 0 Å². The average Bonchev–Trinajstić information content (AvgIpc) is 2.71. The number of aryl methyl sites for hydroxylation is 3. The lowest BCUT2D eigenvalue weighted by Gasteiger charge is -2.38. The van der Waals surface area contributed by atoms with Gasteiger partial charge in [0.05, 0.1) is 13.3 Å². The molecular weight excluding hydrogens is 360 g/mol. The van der Waals surface area contributed by atoms with Gasteiger partial charge in [-0.25, -0.2) is 4.98 Å². The summed E-state index contributed by atoms with van der Waals surface area (Å²) in [6.07, 6.45) is 0.695. The monoisotopic (exact) mass is 388 g/mol. The molecular formula is C24H28N4O. The first kappa shape index (κ1) is 19.4. The van der Waals surface area contributed by atoms with Crippen LogP contribution in [0.15, 0.2) is 53.3 Å². The molecule has 0 bridgehead atoms. The van der Waals surface area contributed by atoms with Gasteiger partial charge in [-0.15, -0.1) is 0 Å². The van der Waals surface area contributed by atoms with Crippen LogP contribution >= 0.6 is 0 Å². The second-order valence-corrected chi connectivity index (χ2v) is 7.92. The Bertz CT molecular complexity index is 1070. The van der Waals surface area contributed by atoms with Crippen molar-refractivity contribution in [1.29, 1.82) is 0 Å². The highest BCUT2D eigenvalue weighted by Crippen LogP contribution is 2.28. The number of hydrogen-bond donors (Lipinski definition) is 0. The zero-order valence-corrected chi connectivity index (χ0v) is 17.6. The molecule has 2 heterocycles. The molecule has 0 saturated heterocycles. The average molecular weight is 389 g/mol. The first-order chi connectivity index (χ1) is 14.0. The molecule has 150 valence electrons. The topological polar surface area (TPSA) is 41.4 Å². The molecule has 1 aromatic heterocycles. The molecule has 0 aliphatic carbocycles. The Balaban J connectivity index is 1.77. The molecule has 3 aromatic rings. The van der Waals surface area contributed by atoms with E-state index < -0.39 is 0 Å². The quantitative estimate of drug-likeness (QED) is 0.668. The van der Waals surface area contributed by atoms with Crippen molar-refractivity contribution in [2.75, 3.05) is 11.6 Å². The molecule has 2 aromatic carbocycles. The maximum Gasteiger partial charge on any atom is 0.259 e. The Morgan fingerprint density at radius 2 is 1.52 bits per heavy atom. The third kappa shape index (κ3) is 3.83. The first-order valence-electron chi connectivity index (χ1n) is 10.2. The van der Waals surface area contributed by atoms with Crippen LogP contribution in [0.1, 0.15) is 34.9 Å². The largest absolute Gasteiger partial charge is 0.298 e. The first-order valence-corrected chi connectivity index (χ1v) is 10.2. The van der Waals surface area contributed by atoms with E-state index in [1.165, 1.54) is 16.7 Å². The summed E-state index contributed by atoms with van der Waals surface area (Å²) in [6.45, 7) is 10.1. The molecule has 0 N–H and O–H groups in total. The minimum absolute atomic E-state index is 0.0701. The summed E-state index contributed by atoms with van der Waals surface area (Å²) in [5, 5.41) is 0. The van der Waals surface area contributed by atoms with Crippen molar-refractivity contribution >= 4 is 11.6 Å². The smallest absolute Gasteiger partial charge is 0.259 e. The molecule has 0 spiro atoms. The van der Waals surface area contributed by atoms with Crippen LogP contribution in [0.25, 0.3) is 0 Å².